The minimum absolute atomic E-state index is 0.00801. The minimum atomic E-state index is -0.900. The van der Waals surface area contributed by atoms with Gasteiger partial charge >= 0.3 is 0 Å². The largest absolute Gasteiger partial charge is 0.504 e. The molecule has 0 fully saturated rings. The van der Waals surface area contributed by atoms with E-state index in [9.17, 15) is 10.2 Å². The van der Waals surface area contributed by atoms with E-state index in [1.165, 1.54) is 0 Å². The molecule has 4 nitrogen and oxygen atoms in total. The van der Waals surface area contributed by atoms with Crippen molar-refractivity contribution in [2.75, 3.05) is 5.32 Å². The Hall–Kier alpha value is -2.59. The van der Waals surface area contributed by atoms with Crippen molar-refractivity contribution in [3.05, 3.63) is 71.1 Å². The summed E-state index contributed by atoms with van der Waals surface area (Å²) in [7, 11) is 0. The van der Waals surface area contributed by atoms with Crippen LogP contribution in [-0.2, 0) is 0 Å². The molecule has 0 radical (unpaired) electrons. The second-order valence-electron chi connectivity index (χ2n) is 5.49. The molecule has 3 N–H and O–H groups in total. The second-order valence-corrected chi connectivity index (χ2v) is 5.49. The van der Waals surface area contributed by atoms with E-state index in [-0.39, 0.29) is 5.76 Å². The zero-order valence-electron chi connectivity index (χ0n) is 12.5. The van der Waals surface area contributed by atoms with Gasteiger partial charge in [0.15, 0.2) is 5.76 Å². The fourth-order valence-corrected chi connectivity index (χ4v) is 2.25. The number of anilines is 1. The van der Waals surface area contributed by atoms with E-state index >= 15 is 0 Å². The van der Waals surface area contributed by atoms with Crippen molar-refractivity contribution in [1.82, 2.24) is 0 Å². The summed E-state index contributed by atoms with van der Waals surface area (Å²) in [5.41, 5.74) is 4.49. The molecule has 0 spiro atoms. The van der Waals surface area contributed by atoms with Crippen LogP contribution < -0.4 is 5.32 Å². The first-order valence-electron chi connectivity index (χ1n) is 7.15. The van der Waals surface area contributed by atoms with E-state index in [2.05, 4.69) is 10.3 Å². The molecule has 22 heavy (non-hydrogen) atoms. The first-order chi connectivity index (χ1) is 10.5. The molecule has 1 atom stereocenters. The number of benzene rings is 2. The van der Waals surface area contributed by atoms with Crippen molar-refractivity contribution in [3.8, 4) is 0 Å². The Bertz CT molecular complexity index is 744. The molecule has 1 aliphatic rings. The Morgan fingerprint density at radius 3 is 2.00 bits per heavy atom. The predicted molar refractivity (Wildman–Crippen MR) is 88.7 cm³/mol. The SMILES string of the molecule is Cc1ccc(N=C2C(O)=C(Nc3ccc(C)cc3)C2O)cc1. The van der Waals surface area contributed by atoms with Crippen LogP contribution in [-0.4, -0.2) is 22.0 Å². The van der Waals surface area contributed by atoms with Crippen molar-refractivity contribution >= 4 is 17.1 Å². The highest BCUT2D eigenvalue weighted by Gasteiger charge is 2.36. The van der Waals surface area contributed by atoms with Gasteiger partial charge in [0.2, 0.25) is 0 Å². The van der Waals surface area contributed by atoms with Gasteiger partial charge in [0.1, 0.15) is 11.8 Å². The van der Waals surface area contributed by atoms with Crippen LogP contribution in [0.4, 0.5) is 11.4 Å². The average molecular weight is 294 g/mol. The fraction of sp³-hybridized carbons (Fsp3) is 0.167. The Kier molecular flexibility index (Phi) is 3.69. The normalized spacial score (nSPS) is 19.2. The maximum Gasteiger partial charge on any atom is 0.162 e. The van der Waals surface area contributed by atoms with Crippen molar-refractivity contribution in [2.24, 2.45) is 4.99 Å². The van der Waals surface area contributed by atoms with Gasteiger partial charge in [-0.3, -0.25) is 0 Å². The van der Waals surface area contributed by atoms with E-state index in [1.807, 2.05) is 62.4 Å². The number of hydrogen-bond donors (Lipinski definition) is 3. The number of nitrogens with one attached hydrogen (secondary N) is 1. The quantitative estimate of drug-likeness (QED) is 0.810. The zero-order chi connectivity index (χ0) is 15.7. The number of aliphatic imine (C=N–C) groups is 1. The van der Waals surface area contributed by atoms with E-state index in [4.69, 9.17) is 0 Å². The van der Waals surface area contributed by atoms with Gasteiger partial charge in [0.25, 0.3) is 0 Å². The van der Waals surface area contributed by atoms with Crippen molar-refractivity contribution in [2.45, 2.75) is 20.0 Å². The molecule has 1 aliphatic carbocycles. The summed E-state index contributed by atoms with van der Waals surface area (Å²) in [5, 5.41) is 23.3. The number of aryl methyl sites for hydroxylation is 2. The second kappa shape index (κ2) is 5.66. The lowest BCUT2D eigenvalue weighted by atomic mass is 9.95. The lowest BCUT2D eigenvalue weighted by molar-refractivity contribution is 0.244. The number of aliphatic hydroxyl groups is 2. The first kappa shape index (κ1) is 14.4. The van der Waals surface area contributed by atoms with Gasteiger partial charge in [-0.05, 0) is 38.1 Å². The molecule has 3 rings (SSSR count). The molecule has 0 heterocycles. The number of aliphatic hydroxyl groups excluding tert-OH is 2. The van der Waals surface area contributed by atoms with Crippen LogP contribution >= 0.6 is 0 Å². The Labute approximate surface area is 129 Å². The van der Waals surface area contributed by atoms with Crippen LogP contribution in [0.15, 0.2) is 65.0 Å². The summed E-state index contributed by atoms with van der Waals surface area (Å²) in [6, 6.07) is 15.3. The van der Waals surface area contributed by atoms with Gasteiger partial charge in [-0.25, -0.2) is 4.99 Å². The van der Waals surface area contributed by atoms with Gasteiger partial charge in [-0.1, -0.05) is 35.4 Å². The van der Waals surface area contributed by atoms with E-state index in [0.717, 1.165) is 16.8 Å². The molecule has 0 bridgehead atoms. The van der Waals surface area contributed by atoms with Crippen LogP contribution in [0.5, 0.6) is 0 Å². The lowest BCUT2D eigenvalue weighted by Gasteiger charge is -2.28. The van der Waals surface area contributed by atoms with E-state index < -0.39 is 6.10 Å². The molecule has 2 aromatic carbocycles. The summed E-state index contributed by atoms with van der Waals surface area (Å²) in [5.74, 6) is 0.00801. The zero-order valence-corrected chi connectivity index (χ0v) is 12.5. The highest BCUT2D eigenvalue weighted by molar-refractivity contribution is 6.12. The van der Waals surface area contributed by atoms with Crippen molar-refractivity contribution in [3.63, 3.8) is 0 Å². The van der Waals surface area contributed by atoms with Gasteiger partial charge < -0.3 is 15.5 Å². The number of nitrogens with zero attached hydrogens (tertiary/aromatic N) is 1. The topological polar surface area (TPSA) is 64.9 Å². The smallest absolute Gasteiger partial charge is 0.162 e. The molecule has 4 heteroatoms. The summed E-state index contributed by atoms with van der Waals surface area (Å²) < 4.78 is 0. The van der Waals surface area contributed by atoms with Crippen molar-refractivity contribution in [1.29, 1.82) is 0 Å². The maximum atomic E-state index is 10.2. The van der Waals surface area contributed by atoms with Crippen LogP contribution in [0.2, 0.25) is 0 Å². The molecule has 0 saturated heterocycles. The first-order valence-corrected chi connectivity index (χ1v) is 7.15. The fourth-order valence-electron chi connectivity index (χ4n) is 2.25. The average Bonchev–Trinajstić information content (AvgIpc) is 2.53. The molecule has 0 aromatic heterocycles. The maximum absolute atomic E-state index is 10.2. The molecule has 2 aromatic rings. The monoisotopic (exact) mass is 294 g/mol. The summed E-state index contributed by atoms with van der Waals surface area (Å²) >= 11 is 0. The molecule has 0 amide bonds. The van der Waals surface area contributed by atoms with Crippen LogP contribution in [0.25, 0.3) is 0 Å². The number of rotatable bonds is 3. The van der Waals surface area contributed by atoms with Gasteiger partial charge in [-0.2, -0.15) is 0 Å². The predicted octanol–water partition coefficient (Wildman–Crippen LogP) is 3.63. The van der Waals surface area contributed by atoms with Crippen LogP contribution in [0, 0.1) is 13.8 Å². The Morgan fingerprint density at radius 2 is 1.45 bits per heavy atom. The highest BCUT2D eigenvalue weighted by atomic mass is 16.3. The third kappa shape index (κ3) is 2.73. The third-order valence-corrected chi connectivity index (χ3v) is 3.64. The third-order valence-electron chi connectivity index (χ3n) is 3.64. The molecular weight excluding hydrogens is 276 g/mol. The summed E-state index contributed by atoms with van der Waals surface area (Å²) in [6.07, 6.45) is -0.900. The van der Waals surface area contributed by atoms with E-state index in [1.54, 1.807) is 0 Å². The summed E-state index contributed by atoms with van der Waals surface area (Å²) in [4.78, 5) is 4.29. The molecule has 0 aliphatic heterocycles. The van der Waals surface area contributed by atoms with Crippen LogP contribution in [0.1, 0.15) is 11.1 Å². The van der Waals surface area contributed by atoms with Crippen molar-refractivity contribution < 1.29 is 10.2 Å². The standard InChI is InChI=1S/C18H18N2O2/c1-11-3-7-13(8-4-11)19-15-17(21)16(18(15)22)20-14-9-5-12(2)6-10-14/h3-10,17,19,21-22H,1-2H3. The Morgan fingerprint density at radius 1 is 0.909 bits per heavy atom. The summed E-state index contributed by atoms with van der Waals surface area (Å²) in [6.45, 7) is 4.00. The molecule has 1 unspecified atom stereocenters. The highest BCUT2D eigenvalue weighted by Crippen LogP contribution is 2.28. The number of hydrogen-bond acceptors (Lipinski definition) is 4. The van der Waals surface area contributed by atoms with Crippen LogP contribution in [0.3, 0.4) is 0 Å². The lowest BCUT2D eigenvalue weighted by Crippen LogP contribution is -2.40. The van der Waals surface area contributed by atoms with Gasteiger partial charge in [-0.15, -0.1) is 0 Å². The Balaban J connectivity index is 1.81. The molecular formula is C18H18N2O2. The molecule has 0 saturated carbocycles. The van der Waals surface area contributed by atoms with Gasteiger partial charge in [0.05, 0.1) is 11.4 Å². The molecule has 112 valence electrons. The minimum Gasteiger partial charge on any atom is -0.504 e. The van der Waals surface area contributed by atoms with Gasteiger partial charge in [0, 0.05) is 5.69 Å². The van der Waals surface area contributed by atoms with E-state index in [0.29, 0.717) is 17.1 Å².